The quantitative estimate of drug-likeness (QED) is 0.612. The number of hydrogen-bond acceptors (Lipinski definition) is 6. The Kier molecular flexibility index (Phi) is 4.99. The number of aliphatic imine (C=N–C) groups is 1. The largest absolute Gasteiger partial charge is 0.493 e. The average Bonchev–Trinajstić information content (AvgIpc) is 3.01. The number of aryl methyl sites for hydroxylation is 1. The Balaban J connectivity index is 1.88. The number of hydrogen-bond donors (Lipinski definition) is 0. The fourth-order valence-electron chi connectivity index (χ4n) is 2.39. The number of carbonyl (C=O) groups is 1. The van der Waals surface area contributed by atoms with Gasteiger partial charge in [0.15, 0.2) is 23.8 Å². The van der Waals surface area contributed by atoms with Crippen LogP contribution in [0.5, 0.6) is 11.5 Å². The molecule has 26 heavy (non-hydrogen) atoms. The van der Waals surface area contributed by atoms with Crippen LogP contribution in [0.3, 0.4) is 0 Å². The van der Waals surface area contributed by atoms with Crippen LogP contribution in [0, 0.1) is 18.3 Å². The summed E-state index contributed by atoms with van der Waals surface area (Å²) in [6.45, 7) is 1.91. The van der Waals surface area contributed by atoms with Gasteiger partial charge in [0.05, 0.1) is 7.11 Å². The van der Waals surface area contributed by atoms with Gasteiger partial charge in [-0.25, -0.2) is 9.79 Å². The van der Waals surface area contributed by atoms with Gasteiger partial charge in [0, 0.05) is 5.56 Å². The Morgan fingerprint density at radius 2 is 1.96 bits per heavy atom. The standard InChI is InChI=1S/C20H16N2O4/c1-13-3-6-15(7-4-13)19-22-16(20(23)26-19)11-14-5-8-17(25-10-9-21)18(12-14)24-2/h3-8,11-12H,10H2,1-2H3/b16-11-. The number of carbonyl (C=O) groups excluding carboxylic acids is 1. The Morgan fingerprint density at radius 3 is 2.65 bits per heavy atom. The third kappa shape index (κ3) is 3.73. The maximum Gasteiger partial charge on any atom is 0.363 e. The van der Waals surface area contributed by atoms with Crippen molar-refractivity contribution in [2.45, 2.75) is 6.92 Å². The van der Waals surface area contributed by atoms with Gasteiger partial charge in [0.2, 0.25) is 5.90 Å². The van der Waals surface area contributed by atoms with Gasteiger partial charge in [-0.2, -0.15) is 5.26 Å². The van der Waals surface area contributed by atoms with E-state index in [1.54, 1.807) is 24.3 Å². The van der Waals surface area contributed by atoms with E-state index in [9.17, 15) is 4.79 Å². The Bertz CT molecular complexity index is 937. The summed E-state index contributed by atoms with van der Waals surface area (Å²) in [5.74, 6) is 0.685. The molecule has 0 aliphatic carbocycles. The Labute approximate surface area is 151 Å². The van der Waals surface area contributed by atoms with E-state index in [1.807, 2.05) is 37.3 Å². The number of benzene rings is 2. The molecular formula is C20H16N2O4. The van der Waals surface area contributed by atoms with Gasteiger partial charge in [-0.1, -0.05) is 23.8 Å². The molecule has 0 N–H and O–H groups in total. The molecule has 0 amide bonds. The van der Waals surface area contributed by atoms with Crippen molar-refractivity contribution >= 4 is 17.9 Å². The summed E-state index contributed by atoms with van der Waals surface area (Å²) in [6.07, 6.45) is 1.61. The van der Waals surface area contributed by atoms with E-state index in [0.29, 0.717) is 17.1 Å². The highest BCUT2D eigenvalue weighted by molar-refractivity contribution is 6.12. The zero-order valence-electron chi connectivity index (χ0n) is 14.4. The van der Waals surface area contributed by atoms with Crippen LogP contribution in [0.2, 0.25) is 0 Å². The highest BCUT2D eigenvalue weighted by Gasteiger charge is 2.24. The minimum Gasteiger partial charge on any atom is -0.493 e. The monoisotopic (exact) mass is 348 g/mol. The number of rotatable bonds is 5. The minimum absolute atomic E-state index is 0.0761. The number of nitriles is 1. The highest BCUT2D eigenvalue weighted by Crippen LogP contribution is 2.29. The van der Waals surface area contributed by atoms with E-state index < -0.39 is 5.97 Å². The van der Waals surface area contributed by atoms with E-state index in [0.717, 1.165) is 11.1 Å². The van der Waals surface area contributed by atoms with Crippen molar-refractivity contribution in [1.29, 1.82) is 5.26 Å². The molecule has 1 heterocycles. The van der Waals surface area contributed by atoms with Gasteiger partial charge in [-0.15, -0.1) is 0 Å². The normalized spacial score (nSPS) is 14.6. The summed E-state index contributed by atoms with van der Waals surface area (Å²) in [5.41, 5.74) is 2.76. The number of nitrogens with zero attached hydrogens (tertiary/aromatic N) is 2. The van der Waals surface area contributed by atoms with Gasteiger partial charge < -0.3 is 14.2 Å². The molecule has 2 aromatic carbocycles. The molecule has 0 aromatic heterocycles. The van der Waals surface area contributed by atoms with Crippen LogP contribution in [-0.4, -0.2) is 25.6 Å². The predicted molar refractivity (Wildman–Crippen MR) is 95.9 cm³/mol. The number of esters is 1. The molecule has 0 bridgehead atoms. The summed E-state index contributed by atoms with van der Waals surface area (Å²) >= 11 is 0. The van der Waals surface area contributed by atoms with E-state index in [1.165, 1.54) is 7.11 Å². The molecule has 0 unspecified atom stereocenters. The van der Waals surface area contributed by atoms with Crippen molar-refractivity contribution in [3.05, 3.63) is 64.9 Å². The van der Waals surface area contributed by atoms with Crippen LogP contribution >= 0.6 is 0 Å². The molecule has 0 saturated carbocycles. The lowest BCUT2D eigenvalue weighted by atomic mass is 10.1. The lowest BCUT2D eigenvalue weighted by Crippen LogP contribution is -2.05. The number of ether oxygens (including phenoxy) is 3. The molecule has 2 aromatic rings. The van der Waals surface area contributed by atoms with Crippen molar-refractivity contribution in [3.8, 4) is 17.6 Å². The molecule has 0 saturated heterocycles. The molecule has 0 spiro atoms. The van der Waals surface area contributed by atoms with Crippen LogP contribution in [0.25, 0.3) is 6.08 Å². The first-order valence-electron chi connectivity index (χ1n) is 7.88. The fourth-order valence-corrected chi connectivity index (χ4v) is 2.39. The zero-order chi connectivity index (χ0) is 18.5. The molecule has 1 aliphatic rings. The fraction of sp³-hybridized carbons (Fsp3) is 0.150. The molecule has 3 rings (SSSR count). The molecule has 130 valence electrons. The van der Waals surface area contributed by atoms with Gasteiger partial charge in [-0.05, 0) is 42.8 Å². The van der Waals surface area contributed by atoms with Crippen LogP contribution < -0.4 is 9.47 Å². The number of methoxy groups -OCH3 is 1. The summed E-state index contributed by atoms with van der Waals surface area (Å²) in [6, 6.07) is 14.6. The van der Waals surface area contributed by atoms with E-state index in [2.05, 4.69) is 4.99 Å². The average molecular weight is 348 g/mol. The second kappa shape index (κ2) is 7.53. The van der Waals surface area contributed by atoms with Crippen molar-refractivity contribution in [2.75, 3.05) is 13.7 Å². The summed E-state index contributed by atoms with van der Waals surface area (Å²) < 4.78 is 15.8. The molecule has 6 heteroatoms. The molecule has 6 nitrogen and oxygen atoms in total. The second-order valence-electron chi connectivity index (χ2n) is 5.56. The Morgan fingerprint density at radius 1 is 1.19 bits per heavy atom. The third-order valence-electron chi connectivity index (χ3n) is 3.70. The SMILES string of the molecule is COc1cc(/C=C2\N=C(c3ccc(C)cc3)OC2=O)ccc1OCC#N. The molecule has 0 radical (unpaired) electrons. The topological polar surface area (TPSA) is 80.9 Å². The molecule has 0 atom stereocenters. The predicted octanol–water partition coefficient (Wildman–Crippen LogP) is 3.25. The minimum atomic E-state index is -0.510. The summed E-state index contributed by atoms with van der Waals surface area (Å²) in [7, 11) is 1.50. The van der Waals surface area contributed by atoms with Crippen molar-refractivity contribution in [1.82, 2.24) is 0 Å². The summed E-state index contributed by atoms with van der Waals surface area (Å²) in [4.78, 5) is 16.4. The van der Waals surface area contributed by atoms with E-state index >= 15 is 0 Å². The van der Waals surface area contributed by atoms with E-state index in [-0.39, 0.29) is 18.2 Å². The van der Waals surface area contributed by atoms with E-state index in [4.69, 9.17) is 19.5 Å². The molecular weight excluding hydrogens is 332 g/mol. The van der Waals surface area contributed by atoms with Crippen LogP contribution in [0.15, 0.2) is 53.2 Å². The Hall–Kier alpha value is -3.59. The van der Waals surface area contributed by atoms with Gasteiger partial charge in [0.1, 0.15) is 6.07 Å². The zero-order valence-corrected chi connectivity index (χ0v) is 14.4. The van der Waals surface area contributed by atoms with Crippen LogP contribution in [-0.2, 0) is 9.53 Å². The lowest BCUT2D eigenvalue weighted by Gasteiger charge is -2.08. The van der Waals surface area contributed by atoms with Crippen molar-refractivity contribution in [2.24, 2.45) is 4.99 Å². The first-order valence-corrected chi connectivity index (χ1v) is 7.88. The van der Waals surface area contributed by atoms with Crippen molar-refractivity contribution in [3.63, 3.8) is 0 Å². The highest BCUT2D eigenvalue weighted by atomic mass is 16.6. The molecule has 0 fully saturated rings. The van der Waals surface area contributed by atoms with Gasteiger partial charge in [0.25, 0.3) is 0 Å². The second-order valence-corrected chi connectivity index (χ2v) is 5.56. The van der Waals surface area contributed by atoms with Gasteiger partial charge in [-0.3, -0.25) is 0 Å². The van der Waals surface area contributed by atoms with Crippen molar-refractivity contribution < 1.29 is 19.0 Å². The maximum absolute atomic E-state index is 12.1. The maximum atomic E-state index is 12.1. The number of cyclic esters (lactones) is 1. The van der Waals surface area contributed by atoms with Gasteiger partial charge >= 0.3 is 5.97 Å². The third-order valence-corrected chi connectivity index (χ3v) is 3.70. The lowest BCUT2D eigenvalue weighted by molar-refractivity contribution is -0.129. The van der Waals surface area contributed by atoms with Crippen LogP contribution in [0.1, 0.15) is 16.7 Å². The molecule has 1 aliphatic heterocycles. The smallest absolute Gasteiger partial charge is 0.363 e. The van der Waals surface area contributed by atoms with Crippen LogP contribution in [0.4, 0.5) is 0 Å². The first kappa shape index (κ1) is 17.2. The first-order chi connectivity index (χ1) is 12.6. The summed E-state index contributed by atoms with van der Waals surface area (Å²) in [5, 5.41) is 8.61.